The van der Waals surface area contributed by atoms with Crippen LogP contribution in [-0.4, -0.2) is 20.1 Å². The van der Waals surface area contributed by atoms with Crippen molar-refractivity contribution in [2.24, 2.45) is 5.73 Å². The number of fused-ring (bicyclic) bond motifs is 1. The summed E-state index contributed by atoms with van der Waals surface area (Å²) < 4.78 is 14.6. The van der Waals surface area contributed by atoms with Crippen molar-refractivity contribution in [3.63, 3.8) is 0 Å². The Morgan fingerprint density at radius 2 is 2.04 bits per heavy atom. The van der Waals surface area contributed by atoms with Gasteiger partial charge >= 0.3 is 0 Å². The summed E-state index contributed by atoms with van der Waals surface area (Å²) in [5.41, 5.74) is 9.15. The van der Waals surface area contributed by atoms with Crippen LogP contribution in [0.2, 0.25) is 0 Å². The van der Waals surface area contributed by atoms with Crippen LogP contribution in [0.4, 0.5) is 10.1 Å². The Morgan fingerprint density at radius 3 is 2.70 bits per heavy atom. The van der Waals surface area contributed by atoms with E-state index in [1.807, 2.05) is 48.3 Å². The highest BCUT2D eigenvalue weighted by Gasteiger charge is 2.30. The minimum absolute atomic E-state index is 0.0475. The summed E-state index contributed by atoms with van der Waals surface area (Å²) in [7, 11) is 1.83. The van der Waals surface area contributed by atoms with Crippen LogP contribution in [0.1, 0.15) is 34.9 Å². The first-order chi connectivity index (χ1) is 11.2. The Labute approximate surface area is 136 Å². The first-order valence-corrected chi connectivity index (χ1v) is 7.84. The molecule has 1 aliphatic heterocycles. The Balaban J connectivity index is 2.09. The molecule has 0 saturated heterocycles. The lowest BCUT2D eigenvalue weighted by molar-refractivity contribution is 0.619. The molecule has 3 nitrogen and oxygen atoms in total. The fourth-order valence-corrected chi connectivity index (χ4v) is 3.46. The minimum Gasteiger partial charge on any atom is -0.370 e. The van der Waals surface area contributed by atoms with Gasteiger partial charge in [-0.1, -0.05) is 36.4 Å². The predicted molar refractivity (Wildman–Crippen MR) is 90.0 cm³/mol. The highest BCUT2D eigenvalue weighted by molar-refractivity contribution is 5.64. The van der Waals surface area contributed by atoms with E-state index in [1.165, 1.54) is 0 Å². The van der Waals surface area contributed by atoms with Crippen LogP contribution < -0.4 is 10.6 Å². The molecule has 0 aromatic heterocycles. The molecule has 0 fully saturated rings. The van der Waals surface area contributed by atoms with Gasteiger partial charge in [-0.15, -0.1) is 0 Å². The number of hydrogen-bond acceptors (Lipinski definition) is 3. The molecule has 3 rings (SSSR count). The van der Waals surface area contributed by atoms with Crippen LogP contribution in [-0.2, 0) is 0 Å². The number of nitrogens with zero attached hydrogens (tertiary/aromatic N) is 2. The van der Waals surface area contributed by atoms with Gasteiger partial charge in [0.15, 0.2) is 0 Å². The number of hydrogen-bond donors (Lipinski definition) is 1. The van der Waals surface area contributed by atoms with Gasteiger partial charge in [0.05, 0.1) is 17.7 Å². The SMILES string of the molecule is CN1CC(C#N)c2cc(C(CCN)c3ccccc3)cc(F)c21. The molecule has 2 atom stereocenters. The molecule has 1 aliphatic rings. The first-order valence-electron chi connectivity index (χ1n) is 7.84. The summed E-state index contributed by atoms with van der Waals surface area (Å²) in [5.74, 6) is -0.485. The molecule has 0 spiro atoms. The zero-order valence-corrected chi connectivity index (χ0v) is 13.2. The standard InChI is InChI=1S/C19H20FN3/c1-23-12-15(11-22)17-9-14(10-18(20)19(17)23)16(7-8-21)13-5-3-2-4-6-13/h2-6,9-10,15-16H,7-8,12,21H2,1H3. The highest BCUT2D eigenvalue weighted by atomic mass is 19.1. The molecular weight excluding hydrogens is 289 g/mol. The molecule has 0 saturated carbocycles. The van der Waals surface area contributed by atoms with Crippen molar-refractivity contribution in [1.29, 1.82) is 5.26 Å². The molecule has 0 amide bonds. The summed E-state index contributed by atoms with van der Waals surface area (Å²) in [6.45, 7) is 1.07. The predicted octanol–water partition coefficient (Wildman–Crippen LogP) is 3.36. The normalized spacial score (nSPS) is 17.7. The summed E-state index contributed by atoms with van der Waals surface area (Å²) in [4.78, 5) is 1.82. The molecule has 0 aliphatic carbocycles. The van der Waals surface area contributed by atoms with Gasteiger partial charge in [0.2, 0.25) is 0 Å². The summed E-state index contributed by atoms with van der Waals surface area (Å²) in [5, 5.41) is 9.35. The molecule has 23 heavy (non-hydrogen) atoms. The minimum atomic E-state index is -0.279. The fraction of sp³-hybridized carbons (Fsp3) is 0.316. The summed E-state index contributed by atoms with van der Waals surface area (Å²) in [6, 6.07) is 15.9. The molecule has 0 bridgehead atoms. The van der Waals surface area contributed by atoms with E-state index in [1.54, 1.807) is 6.07 Å². The van der Waals surface area contributed by atoms with Crippen LogP contribution in [0, 0.1) is 17.1 Å². The van der Waals surface area contributed by atoms with Gasteiger partial charge in [0.25, 0.3) is 0 Å². The second-order valence-electron chi connectivity index (χ2n) is 6.04. The maximum atomic E-state index is 14.6. The third kappa shape index (κ3) is 2.80. The first kappa shape index (κ1) is 15.5. The van der Waals surface area contributed by atoms with Gasteiger partial charge in [-0.25, -0.2) is 4.39 Å². The highest BCUT2D eigenvalue weighted by Crippen LogP contribution is 2.40. The Bertz CT molecular complexity index is 736. The van der Waals surface area contributed by atoms with E-state index < -0.39 is 0 Å². The average Bonchev–Trinajstić information content (AvgIpc) is 2.90. The van der Waals surface area contributed by atoms with E-state index in [2.05, 4.69) is 6.07 Å². The van der Waals surface area contributed by atoms with Crippen LogP contribution in [0.15, 0.2) is 42.5 Å². The molecular formula is C19H20FN3. The number of anilines is 1. The number of benzene rings is 2. The molecule has 0 radical (unpaired) electrons. The van der Waals surface area contributed by atoms with E-state index in [0.29, 0.717) is 18.8 Å². The van der Waals surface area contributed by atoms with Crippen LogP contribution >= 0.6 is 0 Å². The smallest absolute Gasteiger partial charge is 0.147 e. The quantitative estimate of drug-likeness (QED) is 0.942. The molecule has 1 heterocycles. The summed E-state index contributed by atoms with van der Waals surface area (Å²) in [6.07, 6.45) is 0.745. The van der Waals surface area contributed by atoms with Crippen LogP contribution in [0.3, 0.4) is 0 Å². The van der Waals surface area contributed by atoms with Crippen molar-refractivity contribution in [1.82, 2.24) is 0 Å². The Morgan fingerprint density at radius 1 is 1.30 bits per heavy atom. The topological polar surface area (TPSA) is 53.0 Å². The van der Waals surface area contributed by atoms with E-state index in [9.17, 15) is 9.65 Å². The van der Waals surface area contributed by atoms with Gasteiger partial charge < -0.3 is 10.6 Å². The van der Waals surface area contributed by atoms with E-state index in [-0.39, 0.29) is 17.7 Å². The van der Waals surface area contributed by atoms with E-state index in [0.717, 1.165) is 23.1 Å². The second-order valence-corrected chi connectivity index (χ2v) is 6.04. The molecule has 118 valence electrons. The average molecular weight is 309 g/mol. The largest absolute Gasteiger partial charge is 0.370 e. The van der Waals surface area contributed by atoms with Gasteiger partial charge in [-0.2, -0.15) is 5.26 Å². The number of likely N-dealkylation sites (N-methyl/N-ethyl adjacent to an activating group) is 1. The number of halogens is 1. The van der Waals surface area contributed by atoms with Crippen molar-refractivity contribution in [3.8, 4) is 6.07 Å². The monoisotopic (exact) mass is 309 g/mol. The number of rotatable bonds is 4. The van der Waals surface area contributed by atoms with Gasteiger partial charge in [0.1, 0.15) is 5.82 Å². The van der Waals surface area contributed by atoms with Crippen molar-refractivity contribution >= 4 is 5.69 Å². The Kier molecular flexibility index (Phi) is 4.31. The van der Waals surface area contributed by atoms with Gasteiger partial charge in [-0.3, -0.25) is 0 Å². The van der Waals surface area contributed by atoms with Crippen molar-refractivity contribution < 1.29 is 4.39 Å². The molecule has 2 unspecified atom stereocenters. The maximum absolute atomic E-state index is 14.6. The zero-order valence-electron chi connectivity index (χ0n) is 13.2. The lowest BCUT2D eigenvalue weighted by Gasteiger charge is -2.20. The third-order valence-corrected chi connectivity index (χ3v) is 4.54. The maximum Gasteiger partial charge on any atom is 0.147 e. The Hall–Kier alpha value is -2.38. The second kappa shape index (κ2) is 6.39. The number of nitrogens with two attached hydrogens (primary N) is 1. The lowest BCUT2D eigenvalue weighted by Crippen LogP contribution is -2.15. The van der Waals surface area contributed by atoms with Gasteiger partial charge in [0, 0.05) is 19.5 Å². The van der Waals surface area contributed by atoms with Crippen molar-refractivity contribution in [3.05, 3.63) is 65.0 Å². The summed E-state index contributed by atoms with van der Waals surface area (Å²) >= 11 is 0. The number of nitriles is 1. The molecule has 2 aromatic carbocycles. The van der Waals surface area contributed by atoms with E-state index in [4.69, 9.17) is 5.73 Å². The van der Waals surface area contributed by atoms with Gasteiger partial charge in [-0.05, 0) is 35.7 Å². The van der Waals surface area contributed by atoms with Crippen LogP contribution in [0.25, 0.3) is 0 Å². The van der Waals surface area contributed by atoms with E-state index >= 15 is 0 Å². The van der Waals surface area contributed by atoms with Crippen molar-refractivity contribution in [2.45, 2.75) is 18.3 Å². The zero-order chi connectivity index (χ0) is 16.4. The van der Waals surface area contributed by atoms with Crippen LogP contribution in [0.5, 0.6) is 0 Å². The molecule has 4 heteroatoms. The van der Waals surface area contributed by atoms with Crippen molar-refractivity contribution in [2.75, 3.05) is 25.0 Å². The fourth-order valence-electron chi connectivity index (χ4n) is 3.46. The molecule has 2 N–H and O–H groups in total. The molecule has 2 aromatic rings. The third-order valence-electron chi connectivity index (χ3n) is 4.54. The lowest BCUT2D eigenvalue weighted by atomic mass is 9.86.